The fourth-order valence-electron chi connectivity index (χ4n) is 2.45. The molecule has 1 aromatic carbocycles. The molecule has 1 N–H and O–H groups in total. The first-order chi connectivity index (χ1) is 10.1. The lowest BCUT2D eigenvalue weighted by atomic mass is 10.1. The normalized spacial score (nSPS) is 12.4. The molecule has 2 nitrogen and oxygen atoms in total. The number of aromatic nitrogens is 1. The molecule has 3 heteroatoms. The summed E-state index contributed by atoms with van der Waals surface area (Å²) < 4.78 is 0. The predicted octanol–water partition coefficient (Wildman–Crippen LogP) is 4.45. The smallest absolute Gasteiger partial charge is 0.0966 e. The minimum atomic E-state index is 0.363. The van der Waals surface area contributed by atoms with Crippen molar-refractivity contribution in [1.82, 2.24) is 10.3 Å². The molecule has 0 radical (unpaired) electrons. The number of rotatable bonds is 6. The van der Waals surface area contributed by atoms with E-state index < -0.39 is 0 Å². The maximum absolute atomic E-state index is 4.61. The van der Waals surface area contributed by atoms with Gasteiger partial charge in [-0.25, -0.2) is 4.98 Å². The van der Waals surface area contributed by atoms with E-state index in [0.29, 0.717) is 6.04 Å². The Morgan fingerprint density at radius 2 is 1.90 bits per heavy atom. The molecule has 0 aliphatic heterocycles. The van der Waals surface area contributed by atoms with Gasteiger partial charge in [-0.1, -0.05) is 36.8 Å². The van der Waals surface area contributed by atoms with Crippen LogP contribution in [0.1, 0.15) is 35.3 Å². The highest BCUT2D eigenvalue weighted by molar-refractivity contribution is 7.99. The summed E-state index contributed by atoms with van der Waals surface area (Å²) in [5, 5.41) is 4.69. The highest BCUT2D eigenvalue weighted by Gasteiger charge is 2.11. The van der Waals surface area contributed by atoms with Gasteiger partial charge in [-0.05, 0) is 50.6 Å². The zero-order valence-electron chi connectivity index (χ0n) is 13.3. The summed E-state index contributed by atoms with van der Waals surface area (Å²) >= 11 is 1.82. The molecule has 112 valence electrons. The summed E-state index contributed by atoms with van der Waals surface area (Å²) in [5.74, 6) is 0.993. The SMILES string of the molecule is CCNC(CSc1cc(C)cc(C)n1)c1cccc(C)c1. The second-order valence-corrected chi connectivity index (χ2v) is 6.50. The van der Waals surface area contributed by atoms with Crippen LogP contribution < -0.4 is 5.32 Å². The molecule has 0 aliphatic carbocycles. The van der Waals surface area contributed by atoms with Gasteiger partial charge in [0, 0.05) is 17.5 Å². The van der Waals surface area contributed by atoms with Crippen LogP contribution in [-0.4, -0.2) is 17.3 Å². The third kappa shape index (κ3) is 4.87. The van der Waals surface area contributed by atoms with E-state index in [1.807, 2.05) is 11.8 Å². The van der Waals surface area contributed by atoms with E-state index in [4.69, 9.17) is 0 Å². The number of nitrogens with one attached hydrogen (secondary N) is 1. The molecule has 2 aromatic rings. The van der Waals surface area contributed by atoms with Crippen molar-refractivity contribution in [2.24, 2.45) is 0 Å². The Bertz CT molecular complexity index is 575. The van der Waals surface area contributed by atoms with E-state index in [0.717, 1.165) is 23.0 Å². The first-order valence-corrected chi connectivity index (χ1v) is 8.45. The van der Waals surface area contributed by atoms with Crippen LogP contribution in [-0.2, 0) is 0 Å². The van der Waals surface area contributed by atoms with Gasteiger partial charge < -0.3 is 5.32 Å². The number of pyridine rings is 1. The van der Waals surface area contributed by atoms with Gasteiger partial charge in [-0.15, -0.1) is 11.8 Å². The summed E-state index contributed by atoms with van der Waals surface area (Å²) in [4.78, 5) is 4.61. The lowest BCUT2D eigenvalue weighted by Crippen LogP contribution is -2.23. The van der Waals surface area contributed by atoms with Crippen molar-refractivity contribution in [2.75, 3.05) is 12.3 Å². The van der Waals surface area contributed by atoms with Crippen molar-refractivity contribution in [1.29, 1.82) is 0 Å². The molecule has 1 heterocycles. The summed E-state index contributed by atoms with van der Waals surface area (Å²) in [6, 6.07) is 13.4. The minimum Gasteiger partial charge on any atom is -0.309 e. The van der Waals surface area contributed by atoms with Gasteiger partial charge in [0.05, 0.1) is 5.03 Å². The van der Waals surface area contributed by atoms with Gasteiger partial charge in [0.2, 0.25) is 0 Å². The maximum Gasteiger partial charge on any atom is 0.0966 e. The quantitative estimate of drug-likeness (QED) is 0.798. The van der Waals surface area contributed by atoms with E-state index in [1.54, 1.807) is 0 Å². The topological polar surface area (TPSA) is 24.9 Å². The van der Waals surface area contributed by atoms with Gasteiger partial charge in [-0.2, -0.15) is 0 Å². The molecule has 0 bridgehead atoms. The molecule has 2 rings (SSSR count). The van der Waals surface area contributed by atoms with Crippen LogP contribution in [0.5, 0.6) is 0 Å². The summed E-state index contributed by atoms with van der Waals surface area (Å²) in [7, 11) is 0. The second kappa shape index (κ2) is 7.62. The third-order valence-electron chi connectivity index (χ3n) is 3.37. The third-order valence-corrected chi connectivity index (χ3v) is 4.37. The lowest BCUT2D eigenvalue weighted by molar-refractivity contribution is 0.605. The largest absolute Gasteiger partial charge is 0.309 e. The van der Waals surface area contributed by atoms with Gasteiger partial charge in [0.1, 0.15) is 0 Å². The van der Waals surface area contributed by atoms with Crippen LogP contribution in [0.4, 0.5) is 0 Å². The molecule has 0 amide bonds. The molecular weight excluding hydrogens is 276 g/mol. The molecule has 0 spiro atoms. The molecule has 21 heavy (non-hydrogen) atoms. The van der Waals surface area contributed by atoms with Crippen LogP contribution >= 0.6 is 11.8 Å². The van der Waals surface area contributed by atoms with Gasteiger partial charge in [-0.3, -0.25) is 0 Å². The highest BCUT2D eigenvalue weighted by atomic mass is 32.2. The summed E-state index contributed by atoms with van der Waals surface area (Å²) in [5.41, 5.74) is 5.03. The molecule has 0 fully saturated rings. The predicted molar refractivity (Wildman–Crippen MR) is 92.0 cm³/mol. The zero-order chi connectivity index (χ0) is 15.2. The summed E-state index contributed by atoms with van der Waals surface area (Å²) in [6.45, 7) is 9.45. The van der Waals surface area contributed by atoms with Crippen LogP contribution in [0.25, 0.3) is 0 Å². The van der Waals surface area contributed by atoms with Crippen molar-refractivity contribution in [2.45, 2.75) is 38.8 Å². The van der Waals surface area contributed by atoms with E-state index >= 15 is 0 Å². The standard InChI is InChI=1S/C18H24N2S/c1-5-19-17(16-8-6-7-13(2)10-16)12-21-18-11-14(3)9-15(4)20-18/h6-11,17,19H,5,12H2,1-4H3. The van der Waals surface area contributed by atoms with Crippen molar-refractivity contribution < 1.29 is 0 Å². The van der Waals surface area contributed by atoms with Crippen LogP contribution in [0.3, 0.4) is 0 Å². The first-order valence-electron chi connectivity index (χ1n) is 7.46. The number of hydrogen-bond acceptors (Lipinski definition) is 3. The zero-order valence-corrected chi connectivity index (χ0v) is 14.1. The Kier molecular flexibility index (Phi) is 5.83. The summed E-state index contributed by atoms with van der Waals surface area (Å²) in [6.07, 6.45) is 0. The van der Waals surface area contributed by atoms with Gasteiger partial charge in [0.15, 0.2) is 0 Å². The van der Waals surface area contributed by atoms with Gasteiger partial charge in [0.25, 0.3) is 0 Å². The minimum absolute atomic E-state index is 0.363. The lowest BCUT2D eigenvalue weighted by Gasteiger charge is -2.18. The second-order valence-electron chi connectivity index (χ2n) is 5.46. The molecular formula is C18H24N2S. The first kappa shape index (κ1) is 16.1. The van der Waals surface area contributed by atoms with Crippen molar-refractivity contribution in [3.05, 3.63) is 58.8 Å². The monoisotopic (exact) mass is 300 g/mol. The Labute approximate surface area is 132 Å². The Balaban J connectivity index is 2.09. The van der Waals surface area contributed by atoms with E-state index in [-0.39, 0.29) is 0 Å². The molecule has 1 aromatic heterocycles. The Hall–Kier alpha value is -1.32. The maximum atomic E-state index is 4.61. The number of aryl methyl sites for hydroxylation is 3. The Morgan fingerprint density at radius 3 is 2.57 bits per heavy atom. The van der Waals surface area contributed by atoms with Crippen molar-refractivity contribution >= 4 is 11.8 Å². The number of benzene rings is 1. The van der Waals surface area contributed by atoms with E-state index in [2.05, 4.69) is 74.4 Å². The van der Waals surface area contributed by atoms with Crippen molar-refractivity contribution in [3.8, 4) is 0 Å². The molecule has 0 aliphatic rings. The fourth-order valence-corrected chi connectivity index (χ4v) is 3.58. The molecule has 0 saturated heterocycles. The van der Waals surface area contributed by atoms with E-state index in [9.17, 15) is 0 Å². The fraction of sp³-hybridized carbons (Fsp3) is 0.389. The number of nitrogens with zero attached hydrogens (tertiary/aromatic N) is 1. The molecule has 1 unspecified atom stereocenters. The van der Waals surface area contributed by atoms with Crippen LogP contribution in [0.2, 0.25) is 0 Å². The van der Waals surface area contributed by atoms with Gasteiger partial charge >= 0.3 is 0 Å². The van der Waals surface area contributed by atoms with Crippen molar-refractivity contribution in [3.63, 3.8) is 0 Å². The number of thioether (sulfide) groups is 1. The highest BCUT2D eigenvalue weighted by Crippen LogP contribution is 2.25. The average molecular weight is 300 g/mol. The Morgan fingerprint density at radius 1 is 1.10 bits per heavy atom. The molecule has 0 saturated carbocycles. The average Bonchev–Trinajstić information content (AvgIpc) is 2.42. The van der Waals surface area contributed by atoms with Crippen LogP contribution in [0, 0.1) is 20.8 Å². The van der Waals surface area contributed by atoms with Crippen LogP contribution in [0.15, 0.2) is 41.4 Å². The molecule has 1 atom stereocenters. The van der Waals surface area contributed by atoms with E-state index in [1.165, 1.54) is 16.7 Å². The number of hydrogen-bond donors (Lipinski definition) is 1.